The lowest BCUT2D eigenvalue weighted by Gasteiger charge is -2.57. The van der Waals surface area contributed by atoms with Gasteiger partial charge in [0.1, 0.15) is 5.60 Å². The molecule has 1 saturated carbocycles. The zero-order valence-corrected chi connectivity index (χ0v) is 17.3. The second-order valence-corrected chi connectivity index (χ2v) is 9.86. The number of hydrogen-bond acceptors (Lipinski definition) is 4. The van der Waals surface area contributed by atoms with Gasteiger partial charge in [-0.3, -0.25) is 0 Å². The number of aliphatic hydroxyl groups is 1. The van der Waals surface area contributed by atoms with Gasteiger partial charge in [-0.2, -0.15) is 0 Å². The van der Waals surface area contributed by atoms with Crippen LogP contribution in [-0.4, -0.2) is 50.4 Å². The van der Waals surface area contributed by atoms with E-state index in [1.165, 1.54) is 11.1 Å². The lowest BCUT2D eigenvalue weighted by molar-refractivity contribution is -0.156. The van der Waals surface area contributed by atoms with Crippen LogP contribution < -0.4 is 0 Å². The first-order chi connectivity index (χ1) is 13.8. The third-order valence-electron chi connectivity index (χ3n) is 7.01. The summed E-state index contributed by atoms with van der Waals surface area (Å²) in [5.41, 5.74) is 3.09. The first-order valence-corrected chi connectivity index (χ1v) is 10.6. The zero-order chi connectivity index (χ0) is 20.4. The molecule has 29 heavy (non-hydrogen) atoms. The molecule has 0 unspecified atom stereocenters. The highest BCUT2D eigenvalue weighted by molar-refractivity contribution is 5.69. The number of carbonyl (C=O) groups excluding carboxylic acids is 1. The van der Waals surface area contributed by atoms with Gasteiger partial charge < -0.3 is 19.3 Å². The van der Waals surface area contributed by atoms with Crippen LogP contribution in [0.15, 0.2) is 36.8 Å². The normalized spacial score (nSPS) is 27.3. The quantitative estimate of drug-likeness (QED) is 0.796. The van der Waals surface area contributed by atoms with Crippen LogP contribution in [0.1, 0.15) is 51.6 Å². The van der Waals surface area contributed by atoms with Gasteiger partial charge in [0, 0.05) is 30.0 Å². The minimum Gasteiger partial charge on any atom is -0.444 e. The fraction of sp³-hybridized carbons (Fsp3) is 0.565. The summed E-state index contributed by atoms with van der Waals surface area (Å²) in [5, 5.41) is 11.3. The number of likely N-dealkylation sites (tertiary alicyclic amines) is 1. The minimum atomic E-state index is -0.480. The minimum absolute atomic E-state index is 0.0819. The van der Waals surface area contributed by atoms with E-state index >= 15 is 0 Å². The van der Waals surface area contributed by atoms with E-state index in [4.69, 9.17) is 4.74 Å². The number of aliphatic hydroxyl groups excluding tert-OH is 1. The van der Waals surface area contributed by atoms with Gasteiger partial charge in [-0.1, -0.05) is 24.3 Å². The van der Waals surface area contributed by atoms with Crippen molar-refractivity contribution in [2.45, 2.75) is 57.8 Å². The highest BCUT2D eigenvalue weighted by Gasteiger charge is 2.58. The molecular weight excluding hydrogens is 366 g/mol. The van der Waals surface area contributed by atoms with E-state index in [2.05, 4.69) is 33.8 Å². The Kier molecular flexibility index (Phi) is 4.07. The maximum absolute atomic E-state index is 12.4. The summed E-state index contributed by atoms with van der Waals surface area (Å²) in [7, 11) is 0. The van der Waals surface area contributed by atoms with Gasteiger partial charge in [0.15, 0.2) is 0 Å². The Morgan fingerprint density at radius 3 is 2.66 bits per heavy atom. The molecule has 3 aliphatic rings. The SMILES string of the molecule is CC(C)(C)OC(=O)N1CCC2(CC1)C[C@@H]([C@@H]1c3ccccc3-c3cncn31)[C@@H]2O. The molecule has 1 amide bonds. The van der Waals surface area contributed by atoms with Crippen LogP contribution in [0, 0.1) is 11.3 Å². The molecule has 2 fully saturated rings. The smallest absolute Gasteiger partial charge is 0.410 e. The van der Waals surface area contributed by atoms with E-state index in [9.17, 15) is 9.90 Å². The summed E-state index contributed by atoms with van der Waals surface area (Å²) in [4.78, 5) is 18.5. The van der Waals surface area contributed by atoms with Crippen molar-refractivity contribution >= 4 is 6.09 Å². The van der Waals surface area contributed by atoms with Crippen molar-refractivity contribution in [1.29, 1.82) is 0 Å². The Morgan fingerprint density at radius 2 is 1.97 bits per heavy atom. The van der Waals surface area contributed by atoms with E-state index in [-0.39, 0.29) is 29.6 Å². The van der Waals surface area contributed by atoms with E-state index < -0.39 is 5.60 Å². The molecular formula is C23H29N3O3. The van der Waals surface area contributed by atoms with Gasteiger partial charge in [-0.15, -0.1) is 0 Å². The van der Waals surface area contributed by atoms with Crippen LogP contribution in [0.3, 0.4) is 0 Å². The van der Waals surface area contributed by atoms with Crippen LogP contribution in [-0.2, 0) is 4.74 Å². The molecule has 1 aromatic heterocycles. The van der Waals surface area contributed by atoms with Gasteiger partial charge in [-0.25, -0.2) is 9.78 Å². The molecule has 2 aliphatic heterocycles. The largest absolute Gasteiger partial charge is 0.444 e. The highest BCUT2D eigenvalue weighted by Crippen LogP contribution is 2.59. The average molecular weight is 396 g/mol. The van der Waals surface area contributed by atoms with Gasteiger partial charge in [0.25, 0.3) is 0 Å². The number of hydrogen-bond donors (Lipinski definition) is 1. The van der Waals surface area contributed by atoms with Gasteiger partial charge >= 0.3 is 6.09 Å². The molecule has 5 rings (SSSR count). The van der Waals surface area contributed by atoms with E-state index in [0.29, 0.717) is 13.1 Å². The molecule has 154 valence electrons. The number of fused-ring (bicyclic) bond motifs is 3. The van der Waals surface area contributed by atoms with Crippen molar-refractivity contribution < 1.29 is 14.6 Å². The summed E-state index contributed by atoms with van der Waals surface area (Å²) < 4.78 is 7.73. The van der Waals surface area contributed by atoms with Crippen LogP contribution in [0.25, 0.3) is 11.3 Å². The molecule has 6 heteroatoms. The molecule has 1 N–H and O–H groups in total. The molecule has 6 nitrogen and oxygen atoms in total. The highest BCUT2D eigenvalue weighted by atomic mass is 16.6. The predicted molar refractivity (Wildman–Crippen MR) is 109 cm³/mol. The van der Waals surface area contributed by atoms with Crippen molar-refractivity contribution in [2.75, 3.05) is 13.1 Å². The van der Waals surface area contributed by atoms with Crippen molar-refractivity contribution in [2.24, 2.45) is 11.3 Å². The van der Waals surface area contributed by atoms with Crippen LogP contribution in [0.2, 0.25) is 0 Å². The molecule has 2 aromatic rings. The van der Waals surface area contributed by atoms with Crippen LogP contribution in [0.4, 0.5) is 4.79 Å². The maximum Gasteiger partial charge on any atom is 0.410 e. The van der Waals surface area contributed by atoms with Gasteiger partial charge in [-0.05, 0) is 45.6 Å². The lowest BCUT2D eigenvalue weighted by Crippen LogP contribution is -2.60. The maximum atomic E-state index is 12.4. The second kappa shape index (κ2) is 6.33. The molecule has 1 spiro atoms. The molecule has 1 aliphatic carbocycles. The Bertz CT molecular complexity index is 937. The van der Waals surface area contributed by atoms with Gasteiger partial charge in [0.2, 0.25) is 0 Å². The fourth-order valence-corrected chi connectivity index (χ4v) is 5.55. The third kappa shape index (κ3) is 2.88. The summed E-state index contributed by atoms with van der Waals surface area (Å²) in [6, 6.07) is 8.60. The molecule has 1 saturated heterocycles. The molecule has 0 bridgehead atoms. The van der Waals surface area contributed by atoms with Crippen molar-refractivity contribution in [1.82, 2.24) is 14.5 Å². The summed E-state index contributed by atoms with van der Waals surface area (Å²) in [6.45, 7) is 6.97. The van der Waals surface area contributed by atoms with E-state index in [0.717, 1.165) is 25.0 Å². The number of amides is 1. The first-order valence-electron chi connectivity index (χ1n) is 10.6. The predicted octanol–water partition coefficient (Wildman–Crippen LogP) is 3.85. The van der Waals surface area contributed by atoms with Crippen molar-refractivity contribution in [3.63, 3.8) is 0 Å². The third-order valence-corrected chi connectivity index (χ3v) is 7.01. The first kappa shape index (κ1) is 18.7. The standard InChI is InChI=1S/C23H29N3O3/c1-22(2,3)29-21(28)25-10-8-23(9-11-25)12-17(20(23)27)19-16-7-5-4-6-15(16)18-13-24-14-26(18)19/h4-7,13-14,17,19-20,27H,8-12H2,1-3H3/t17-,19-,20-/m0/s1. The Labute approximate surface area is 171 Å². The number of carbonyl (C=O) groups is 1. The average Bonchev–Trinajstić information content (AvgIpc) is 3.26. The molecule has 3 heterocycles. The van der Waals surface area contributed by atoms with Crippen LogP contribution in [0.5, 0.6) is 0 Å². The van der Waals surface area contributed by atoms with E-state index in [1.54, 1.807) is 4.90 Å². The molecule has 0 radical (unpaired) electrons. The van der Waals surface area contributed by atoms with Crippen LogP contribution >= 0.6 is 0 Å². The summed E-state index contributed by atoms with van der Waals surface area (Å²) in [6.07, 6.45) is 5.83. The summed E-state index contributed by atoms with van der Waals surface area (Å²) in [5.74, 6) is 0.180. The Hall–Kier alpha value is -2.34. The molecule has 3 atom stereocenters. The number of ether oxygens (including phenoxy) is 1. The van der Waals surface area contributed by atoms with Gasteiger partial charge in [0.05, 0.1) is 30.4 Å². The Balaban J connectivity index is 1.30. The zero-order valence-electron chi connectivity index (χ0n) is 17.3. The Morgan fingerprint density at radius 1 is 1.24 bits per heavy atom. The van der Waals surface area contributed by atoms with Crippen molar-refractivity contribution in [3.8, 4) is 11.3 Å². The fourth-order valence-electron chi connectivity index (χ4n) is 5.55. The molecule has 1 aromatic carbocycles. The monoisotopic (exact) mass is 395 g/mol. The number of benzene rings is 1. The summed E-state index contributed by atoms with van der Waals surface area (Å²) >= 11 is 0. The van der Waals surface area contributed by atoms with E-state index in [1.807, 2.05) is 33.3 Å². The number of nitrogens with zero attached hydrogens (tertiary/aromatic N) is 3. The number of rotatable bonds is 1. The topological polar surface area (TPSA) is 67.6 Å². The number of aromatic nitrogens is 2. The number of imidazole rings is 1. The second-order valence-electron chi connectivity index (χ2n) is 9.86. The number of piperidine rings is 1. The lowest BCUT2D eigenvalue weighted by atomic mass is 9.53. The van der Waals surface area contributed by atoms with Crippen molar-refractivity contribution in [3.05, 3.63) is 42.4 Å².